The Bertz CT molecular complexity index is 698. The zero-order chi connectivity index (χ0) is 15.0. The van der Waals surface area contributed by atoms with E-state index in [2.05, 4.69) is 4.98 Å². The van der Waals surface area contributed by atoms with Crippen molar-refractivity contribution in [1.82, 2.24) is 13.6 Å². The van der Waals surface area contributed by atoms with Gasteiger partial charge < -0.3 is 0 Å². The van der Waals surface area contributed by atoms with Gasteiger partial charge >= 0.3 is 0 Å². The number of hydrogen-bond acceptors (Lipinski definition) is 5. The van der Waals surface area contributed by atoms with Crippen LogP contribution < -0.4 is 5.14 Å². The lowest BCUT2D eigenvalue weighted by Gasteiger charge is -2.32. The number of hydrogen-bond donors (Lipinski definition) is 1. The molecule has 11 heteroatoms. The molecule has 1 saturated heterocycles. The Morgan fingerprint density at radius 1 is 1.10 bits per heavy atom. The molecule has 1 aliphatic heterocycles. The summed E-state index contributed by atoms with van der Waals surface area (Å²) in [6, 6.07) is 2.83. The van der Waals surface area contributed by atoms with Crippen molar-refractivity contribution < 1.29 is 16.8 Å². The highest BCUT2D eigenvalue weighted by Gasteiger charge is 2.32. The van der Waals surface area contributed by atoms with Crippen molar-refractivity contribution >= 4 is 31.8 Å². The highest BCUT2D eigenvalue weighted by molar-refractivity contribution is 7.89. The molecule has 1 aromatic heterocycles. The van der Waals surface area contributed by atoms with Crippen LogP contribution in [0.1, 0.15) is 0 Å². The van der Waals surface area contributed by atoms with Crippen LogP contribution in [-0.4, -0.2) is 56.6 Å². The average molecular weight is 341 g/mol. The second-order valence-corrected chi connectivity index (χ2v) is 7.95. The van der Waals surface area contributed by atoms with Crippen molar-refractivity contribution in [2.24, 2.45) is 5.14 Å². The zero-order valence-corrected chi connectivity index (χ0v) is 12.7. The summed E-state index contributed by atoms with van der Waals surface area (Å²) in [6.07, 6.45) is 1.39. The molecule has 0 unspecified atom stereocenters. The SMILES string of the molecule is NS(=O)(=O)N1CCN(S(=O)(=O)c2cccnc2Cl)CC1. The van der Waals surface area contributed by atoms with Crippen LogP contribution in [0.15, 0.2) is 23.2 Å². The van der Waals surface area contributed by atoms with Crippen molar-refractivity contribution in [3.8, 4) is 0 Å². The molecule has 0 radical (unpaired) electrons. The number of aromatic nitrogens is 1. The number of piperazine rings is 1. The van der Waals surface area contributed by atoms with Gasteiger partial charge in [0.1, 0.15) is 10.0 Å². The van der Waals surface area contributed by atoms with E-state index >= 15 is 0 Å². The van der Waals surface area contributed by atoms with Gasteiger partial charge in [0.15, 0.2) is 0 Å². The first-order valence-electron chi connectivity index (χ1n) is 5.61. The molecule has 2 N–H and O–H groups in total. The summed E-state index contributed by atoms with van der Waals surface area (Å²) in [5.41, 5.74) is 0. The maximum absolute atomic E-state index is 12.4. The predicted molar refractivity (Wildman–Crippen MR) is 72.7 cm³/mol. The van der Waals surface area contributed by atoms with Gasteiger partial charge in [0, 0.05) is 32.4 Å². The fourth-order valence-electron chi connectivity index (χ4n) is 1.87. The summed E-state index contributed by atoms with van der Waals surface area (Å²) in [7, 11) is -7.58. The van der Waals surface area contributed by atoms with Gasteiger partial charge in [-0.3, -0.25) is 0 Å². The summed E-state index contributed by atoms with van der Waals surface area (Å²) in [6.45, 7) is 0.0554. The van der Waals surface area contributed by atoms with Crippen molar-refractivity contribution in [2.45, 2.75) is 4.90 Å². The Balaban J connectivity index is 2.20. The first-order valence-corrected chi connectivity index (χ1v) is 8.93. The van der Waals surface area contributed by atoms with E-state index in [1.807, 2.05) is 0 Å². The lowest BCUT2D eigenvalue weighted by atomic mass is 10.4. The molecular weight excluding hydrogens is 328 g/mol. The van der Waals surface area contributed by atoms with Crippen LogP contribution in [-0.2, 0) is 20.2 Å². The number of nitrogens with two attached hydrogens (primary N) is 1. The monoisotopic (exact) mass is 340 g/mol. The first kappa shape index (κ1) is 15.6. The van der Waals surface area contributed by atoms with Crippen molar-refractivity contribution in [2.75, 3.05) is 26.2 Å². The quantitative estimate of drug-likeness (QED) is 0.727. The van der Waals surface area contributed by atoms with E-state index in [9.17, 15) is 16.8 Å². The fourth-order valence-corrected chi connectivity index (χ4v) is 4.39. The number of halogens is 1. The molecule has 8 nitrogen and oxygen atoms in total. The molecule has 1 fully saturated rings. The lowest BCUT2D eigenvalue weighted by Crippen LogP contribution is -2.52. The van der Waals surface area contributed by atoms with Crippen LogP contribution in [0.4, 0.5) is 0 Å². The normalized spacial score (nSPS) is 19.1. The Morgan fingerprint density at radius 2 is 1.65 bits per heavy atom. The van der Waals surface area contributed by atoms with Crippen molar-refractivity contribution in [1.29, 1.82) is 0 Å². The van der Waals surface area contributed by atoms with Gasteiger partial charge in [-0.25, -0.2) is 18.5 Å². The minimum atomic E-state index is -3.79. The number of sulfonamides is 1. The standard InChI is InChI=1S/C9H13ClN4O4S2/c10-9-8(2-1-3-12-9)19(15,16)13-4-6-14(7-5-13)20(11,17)18/h1-3H,4-7H2,(H2,11,17,18). The molecule has 0 spiro atoms. The highest BCUT2D eigenvalue weighted by atomic mass is 35.5. The summed E-state index contributed by atoms with van der Waals surface area (Å²) in [4.78, 5) is 3.64. The molecule has 0 saturated carbocycles. The Kier molecular flexibility index (Phi) is 4.33. The smallest absolute Gasteiger partial charge is 0.243 e. The molecule has 2 rings (SSSR count). The van der Waals surface area contributed by atoms with Gasteiger partial charge in [0.05, 0.1) is 0 Å². The average Bonchev–Trinajstić information content (AvgIpc) is 2.38. The van der Waals surface area contributed by atoms with Gasteiger partial charge in [-0.2, -0.15) is 17.0 Å². The molecule has 0 bridgehead atoms. The number of nitrogens with zero attached hydrogens (tertiary/aromatic N) is 3. The Labute approximate surface area is 122 Å². The van der Waals surface area contributed by atoms with Gasteiger partial charge in [0.2, 0.25) is 10.0 Å². The molecule has 1 aromatic rings. The molecule has 2 heterocycles. The van der Waals surface area contributed by atoms with E-state index < -0.39 is 20.2 Å². The van der Waals surface area contributed by atoms with E-state index in [1.165, 1.54) is 18.3 Å². The summed E-state index contributed by atoms with van der Waals surface area (Å²) < 4.78 is 49.3. The van der Waals surface area contributed by atoms with Gasteiger partial charge in [-0.1, -0.05) is 11.6 Å². The van der Waals surface area contributed by atoms with Crippen molar-refractivity contribution in [3.63, 3.8) is 0 Å². The van der Waals surface area contributed by atoms with Gasteiger partial charge in [0.25, 0.3) is 10.2 Å². The van der Waals surface area contributed by atoms with Gasteiger partial charge in [-0.05, 0) is 12.1 Å². The molecule has 0 aromatic carbocycles. The maximum Gasteiger partial charge on any atom is 0.276 e. The first-order chi connectivity index (χ1) is 9.23. The van der Waals surface area contributed by atoms with Gasteiger partial charge in [-0.15, -0.1) is 0 Å². The Hall–Kier alpha value is -0.780. The molecule has 1 aliphatic rings. The molecule has 20 heavy (non-hydrogen) atoms. The highest BCUT2D eigenvalue weighted by Crippen LogP contribution is 2.23. The maximum atomic E-state index is 12.4. The minimum absolute atomic E-state index is 0.00987. The van der Waals surface area contributed by atoms with E-state index in [0.29, 0.717) is 0 Å². The summed E-state index contributed by atoms with van der Waals surface area (Å²) in [5.74, 6) is 0. The molecular formula is C9H13ClN4O4S2. The molecule has 0 aliphatic carbocycles. The third kappa shape index (κ3) is 3.10. The van der Waals surface area contributed by atoms with Crippen LogP contribution in [0.2, 0.25) is 5.15 Å². The van der Waals surface area contributed by atoms with Crippen LogP contribution in [0, 0.1) is 0 Å². The van der Waals surface area contributed by atoms with Crippen LogP contribution >= 0.6 is 11.6 Å². The summed E-state index contributed by atoms with van der Waals surface area (Å²) in [5, 5.41) is 4.89. The number of pyridine rings is 1. The zero-order valence-electron chi connectivity index (χ0n) is 10.3. The lowest BCUT2D eigenvalue weighted by molar-refractivity contribution is 0.273. The third-order valence-corrected chi connectivity index (χ3v) is 6.33. The second-order valence-electron chi connectivity index (χ2n) is 4.14. The largest absolute Gasteiger partial charge is 0.276 e. The second kappa shape index (κ2) is 5.54. The number of rotatable bonds is 3. The topological polar surface area (TPSA) is 114 Å². The van der Waals surface area contributed by atoms with Crippen molar-refractivity contribution in [3.05, 3.63) is 23.5 Å². The fraction of sp³-hybridized carbons (Fsp3) is 0.444. The summed E-state index contributed by atoms with van der Waals surface area (Å²) >= 11 is 5.79. The molecule has 0 amide bonds. The van der Waals surface area contributed by atoms with Crippen LogP contribution in [0.25, 0.3) is 0 Å². The van der Waals surface area contributed by atoms with E-state index in [4.69, 9.17) is 16.7 Å². The van der Waals surface area contributed by atoms with E-state index in [0.717, 1.165) is 8.61 Å². The minimum Gasteiger partial charge on any atom is -0.243 e. The third-order valence-electron chi connectivity index (χ3n) is 2.90. The van der Waals surface area contributed by atoms with E-state index in [-0.39, 0.29) is 36.2 Å². The predicted octanol–water partition coefficient (Wildman–Crippen LogP) is -0.755. The van der Waals surface area contributed by atoms with Crippen LogP contribution in [0.5, 0.6) is 0 Å². The molecule has 112 valence electrons. The molecule has 0 atom stereocenters. The van der Waals surface area contributed by atoms with Crippen LogP contribution in [0.3, 0.4) is 0 Å². The Morgan fingerprint density at radius 3 is 2.15 bits per heavy atom. The van der Waals surface area contributed by atoms with E-state index in [1.54, 1.807) is 0 Å².